The lowest BCUT2D eigenvalue weighted by Gasteiger charge is -2.42. The van der Waals surface area contributed by atoms with Crippen molar-refractivity contribution in [3.05, 3.63) is 130 Å². The monoisotopic (exact) mass is 569 g/mol. The van der Waals surface area contributed by atoms with Gasteiger partial charge < -0.3 is 5.11 Å². The standard InChI is InChI=1S/C36H27NO6/c1-19-16-29(39)32-28(33(19)40)18-27-25(30(32)22-8-5-9-24(38)17-22)14-15-26-31(27)36(43)37(35(26)42)23-12-10-21(11-13-23)34(41)20-6-3-2-4-7-20/h2-14,16-17,26-27,30-31,38H,15,18H2,1H3. The van der Waals surface area contributed by atoms with Gasteiger partial charge in [-0.15, -0.1) is 0 Å². The maximum absolute atomic E-state index is 14.1. The second-order valence-corrected chi connectivity index (χ2v) is 11.6. The number of Topliss-reactive ketones (excluding diaryl/α,β-unsaturated/α-hetero) is 1. The van der Waals surface area contributed by atoms with E-state index in [4.69, 9.17) is 0 Å². The van der Waals surface area contributed by atoms with E-state index in [-0.39, 0.29) is 41.3 Å². The van der Waals surface area contributed by atoms with Crippen LogP contribution in [0.4, 0.5) is 5.69 Å². The van der Waals surface area contributed by atoms with Gasteiger partial charge in [-0.3, -0.25) is 28.9 Å². The number of amides is 2. The van der Waals surface area contributed by atoms with Crippen molar-refractivity contribution in [2.24, 2.45) is 17.8 Å². The molecule has 7 rings (SSSR count). The number of carbonyl (C=O) groups excluding carboxylic acids is 5. The highest BCUT2D eigenvalue weighted by atomic mass is 16.3. The van der Waals surface area contributed by atoms with E-state index in [1.807, 2.05) is 12.1 Å². The SMILES string of the molecule is CC1=CC(=O)C2=C(CC3C(=CCC4C(=O)N(c5ccc(C(=O)c6ccccc6)cc5)C(=O)C43)C2c2cccc(O)c2)C1=O. The normalized spacial score (nSPS) is 24.7. The highest BCUT2D eigenvalue weighted by molar-refractivity contribution is 6.25. The third kappa shape index (κ3) is 4.14. The summed E-state index contributed by atoms with van der Waals surface area (Å²) in [6.45, 7) is 1.61. The molecular formula is C36H27NO6. The Morgan fingerprint density at radius 2 is 1.56 bits per heavy atom. The Labute approximate surface area is 247 Å². The molecule has 1 heterocycles. The molecular weight excluding hydrogens is 542 g/mol. The molecule has 7 heteroatoms. The summed E-state index contributed by atoms with van der Waals surface area (Å²) in [7, 11) is 0. The van der Waals surface area contributed by atoms with Gasteiger partial charge in [0.1, 0.15) is 5.75 Å². The number of fused-ring (bicyclic) bond motifs is 3. The molecule has 7 nitrogen and oxygen atoms in total. The summed E-state index contributed by atoms with van der Waals surface area (Å²) < 4.78 is 0. The van der Waals surface area contributed by atoms with Gasteiger partial charge in [-0.2, -0.15) is 0 Å². The van der Waals surface area contributed by atoms with E-state index in [0.717, 1.165) is 5.57 Å². The molecule has 1 aliphatic heterocycles. The van der Waals surface area contributed by atoms with Crippen LogP contribution in [0.2, 0.25) is 0 Å². The van der Waals surface area contributed by atoms with Gasteiger partial charge in [-0.1, -0.05) is 54.1 Å². The quantitative estimate of drug-likeness (QED) is 0.199. The van der Waals surface area contributed by atoms with E-state index in [9.17, 15) is 29.1 Å². The van der Waals surface area contributed by atoms with Gasteiger partial charge in [0.05, 0.1) is 17.5 Å². The number of hydrogen-bond donors (Lipinski definition) is 1. The topological polar surface area (TPSA) is 109 Å². The molecule has 212 valence electrons. The Hall–Kier alpha value is -5.17. The van der Waals surface area contributed by atoms with Crippen LogP contribution < -0.4 is 4.90 Å². The van der Waals surface area contributed by atoms with Gasteiger partial charge in [0.15, 0.2) is 17.3 Å². The molecule has 3 aromatic carbocycles. The van der Waals surface area contributed by atoms with Crippen LogP contribution in [-0.2, 0) is 19.2 Å². The first-order valence-electron chi connectivity index (χ1n) is 14.3. The number of nitrogens with zero attached hydrogens (tertiary/aromatic N) is 1. The first-order chi connectivity index (χ1) is 20.7. The van der Waals surface area contributed by atoms with Crippen LogP contribution in [0.15, 0.2) is 113 Å². The number of rotatable bonds is 4. The van der Waals surface area contributed by atoms with E-state index in [1.165, 1.54) is 17.0 Å². The van der Waals surface area contributed by atoms with Gasteiger partial charge in [0.25, 0.3) is 0 Å². The van der Waals surface area contributed by atoms with Crippen LogP contribution in [-0.4, -0.2) is 34.3 Å². The maximum Gasteiger partial charge on any atom is 0.238 e. The van der Waals surface area contributed by atoms with Gasteiger partial charge in [0, 0.05) is 33.8 Å². The molecule has 0 radical (unpaired) electrons. The minimum atomic E-state index is -0.707. The summed E-state index contributed by atoms with van der Waals surface area (Å²) in [5.41, 5.74) is 3.96. The number of benzene rings is 3. The van der Waals surface area contributed by atoms with Crippen molar-refractivity contribution in [2.45, 2.75) is 25.7 Å². The van der Waals surface area contributed by atoms with Crippen molar-refractivity contribution in [1.29, 1.82) is 0 Å². The summed E-state index contributed by atoms with van der Waals surface area (Å²) in [4.78, 5) is 68.7. The first kappa shape index (κ1) is 26.7. The first-order valence-corrected chi connectivity index (χ1v) is 14.3. The molecule has 3 aliphatic carbocycles. The molecule has 1 fully saturated rings. The van der Waals surface area contributed by atoms with Crippen LogP contribution in [0.3, 0.4) is 0 Å². The predicted molar refractivity (Wildman–Crippen MR) is 158 cm³/mol. The highest BCUT2D eigenvalue weighted by Crippen LogP contribution is 2.55. The summed E-state index contributed by atoms with van der Waals surface area (Å²) in [6.07, 6.45) is 3.81. The minimum Gasteiger partial charge on any atom is -0.508 e. The van der Waals surface area contributed by atoms with Crippen molar-refractivity contribution in [2.75, 3.05) is 4.90 Å². The Bertz CT molecular complexity index is 1850. The summed E-state index contributed by atoms with van der Waals surface area (Å²) in [6, 6.07) is 22.0. The maximum atomic E-state index is 14.1. The van der Waals surface area contributed by atoms with Gasteiger partial charge in [-0.05, 0) is 73.7 Å². The largest absolute Gasteiger partial charge is 0.508 e. The predicted octanol–water partition coefficient (Wildman–Crippen LogP) is 5.26. The number of phenolic OH excluding ortho intramolecular Hbond substituents is 1. The number of ketones is 3. The van der Waals surface area contributed by atoms with E-state index in [0.29, 0.717) is 45.5 Å². The van der Waals surface area contributed by atoms with Gasteiger partial charge in [-0.25, -0.2) is 0 Å². The second kappa shape index (κ2) is 9.98. The van der Waals surface area contributed by atoms with Crippen LogP contribution in [0.25, 0.3) is 0 Å². The summed E-state index contributed by atoms with van der Waals surface area (Å²) in [5.74, 6) is -3.66. The number of allylic oxidation sites excluding steroid dienone is 6. The Balaban J connectivity index is 1.25. The molecule has 2 amide bonds. The van der Waals surface area contributed by atoms with Crippen LogP contribution in [0.5, 0.6) is 5.75 Å². The minimum absolute atomic E-state index is 0.0323. The number of aromatic hydroxyl groups is 1. The lowest BCUT2D eigenvalue weighted by Crippen LogP contribution is -2.39. The third-order valence-electron chi connectivity index (χ3n) is 9.19. The Morgan fingerprint density at radius 1 is 0.837 bits per heavy atom. The van der Waals surface area contributed by atoms with Crippen molar-refractivity contribution < 1.29 is 29.1 Å². The molecule has 0 bridgehead atoms. The van der Waals surface area contributed by atoms with Crippen molar-refractivity contribution >= 4 is 34.9 Å². The number of phenols is 1. The lowest BCUT2D eigenvalue weighted by atomic mass is 9.59. The number of imide groups is 1. The molecule has 1 saturated heterocycles. The van der Waals surface area contributed by atoms with Crippen LogP contribution in [0.1, 0.15) is 47.2 Å². The average molecular weight is 570 g/mol. The molecule has 3 aromatic rings. The zero-order valence-corrected chi connectivity index (χ0v) is 23.3. The van der Waals surface area contributed by atoms with E-state index >= 15 is 0 Å². The fraction of sp³-hybridized carbons (Fsp3) is 0.194. The van der Waals surface area contributed by atoms with Crippen molar-refractivity contribution in [1.82, 2.24) is 0 Å². The van der Waals surface area contributed by atoms with Crippen LogP contribution >= 0.6 is 0 Å². The summed E-state index contributed by atoms with van der Waals surface area (Å²) in [5, 5.41) is 10.3. The van der Waals surface area contributed by atoms with Crippen molar-refractivity contribution in [3.8, 4) is 5.75 Å². The van der Waals surface area contributed by atoms with Gasteiger partial charge in [0.2, 0.25) is 11.8 Å². The fourth-order valence-corrected chi connectivity index (χ4v) is 7.24. The molecule has 0 aromatic heterocycles. The molecule has 4 aliphatic rings. The molecule has 4 unspecified atom stereocenters. The van der Waals surface area contributed by atoms with Crippen molar-refractivity contribution in [3.63, 3.8) is 0 Å². The Morgan fingerprint density at radius 3 is 2.28 bits per heavy atom. The number of carbonyl (C=O) groups is 5. The van der Waals surface area contributed by atoms with E-state index < -0.39 is 23.7 Å². The summed E-state index contributed by atoms with van der Waals surface area (Å²) >= 11 is 0. The number of anilines is 1. The highest BCUT2D eigenvalue weighted by Gasteiger charge is 2.56. The third-order valence-corrected chi connectivity index (χ3v) is 9.19. The number of hydrogen-bond acceptors (Lipinski definition) is 6. The molecule has 0 saturated carbocycles. The zero-order chi connectivity index (χ0) is 30.0. The molecule has 0 spiro atoms. The average Bonchev–Trinajstić information content (AvgIpc) is 3.28. The zero-order valence-electron chi connectivity index (χ0n) is 23.3. The molecule has 43 heavy (non-hydrogen) atoms. The van der Waals surface area contributed by atoms with E-state index in [2.05, 4.69) is 0 Å². The van der Waals surface area contributed by atoms with Gasteiger partial charge >= 0.3 is 0 Å². The molecule has 1 N–H and O–H groups in total. The molecule has 4 atom stereocenters. The second-order valence-electron chi connectivity index (χ2n) is 11.6. The Kier molecular flexibility index (Phi) is 6.20. The fourth-order valence-electron chi connectivity index (χ4n) is 7.24. The lowest BCUT2D eigenvalue weighted by molar-refractivity contribution is -0.123. The van der Waals surface area contributed by atoms with E-state index in [1.54, 1.807) is 73.7 Å². The van der Waals surface area contributed by atoms with Crippen LogP contribution in [0, 0.1) is 17.8 Å². The smallest absolute Gasteiger partial charge is 0.238 e.